The largest absolute Gasteiger partial charge is 0.416 e. The summed E-state index contributed by atoms with van der Waals surface area (Å²) in [6.07, 6.45) is -2.57. The van der Waals surface area contributed by atoms with Gasteiger partial charge >= 0.3 is 6.18 Å². The molecule has 3 nitrogen and oxygen atoms in total. The first-order chi connectivity index (χ1) is 9.93. The molecule has 0 amide bonds. The van der Waals surface area contributed by atoms with Crippen LogP contribution in [0.25, 0.3) is 0 Å². The predicted molar refractivity (Wildman–Crippen MR) is 74.8 cm³/mol. The number of nitrogens with zero attached hydrogens (tertiary/aromatic N) is 1. The van der Waals surface area contributed by atoms with Gasteiger partial charge in [-0.2, -0.15) is 13.2 Å². The van der Waals surface area contributed by atoms with Crippen LogP contribution in [-0.2, 0) is 10.9 Å². The fourth-order valence-electron chi connectivity index (χ4n) is 2.81. The maximum atomic E-state index is 12.8. The summed E-state index contributed by atoms with van der Waals surface area (Å²) in [5, 5.41) is 0. The lowest BCUT2D eigenvalue weighted by Crippen LogP contribution is -2.41. The second-order valence-electron chi connectivity index (χ2n) is 5.38. The van der Waals surface area contributed by atoms with E-state index in [-0.39, 0.29) is 12.6 Å². The van der Waals surface area contributed by atoms with Gasteiger partial charge in [-0.15, -0.1) is 0 Å². The fourth-order valence-corrected chi connectivity index (χ4v) is 2.81. The number of hydrogen-bond acceptors (Lipinski definition) is 3. The molecule has 2 N–H and O–H groups in total. The van der Waals surface area contributed by atoms with Crippen molar-refractivity contribution in [2.45, 2.75) is 31.1 Å². The van der Waals surface area contributed by atoms with E-state index in [0.717, 1.165) is 18.9 Å². The van der Waals surface area contributed by atoms with E-state index in [9.17, 15) is 13.2 Å². The number of ether oxygens (including phenoxy) is 1. The number of hydrogen-bond donors (Lipinski definition) is 1. The summed E-state index contributed by atoms with van der Waals surface area (Å²) in [4.78, 5) is 2.08. The molecular weight excluding hydrogens is 281 g/mol. The fraction of sp³-hybridized carbons (Fsp3) is 0.600. The van der Waals surface area contributed by atoms with E-state index < -0.39 is 11.7 Å². The molecule has 1 aromatic carbocycles. The predicted octanol–water partition coefficient (Wildman–Crippen LogP) is 2.82. The number of alkyl halides is 3. The van der Waals surface area contributed by atoms with Crippen molar-refractivity contribution in [3.63, 3.8) is 0 Å². The minimum absolute atomic E-state index is 0.213. The molecule has 0 aromatic heterocycles. The van der Waals surface area contributed by atoms with E-state index in [0.29, 0.717) is 24.8 Å². The summed E-state index contributed by atoms with van der Waals surface area (Å²) in [6, 6.07) is 5.53. The third-order valence-corrected chi connectivity index (χ3v) is 4.08. The molecule has 1 saturated heterocycles. The Kier molecular flexibility index (Phi) is 5.24. The van der Waals surface area contributed by atoms with Crippen LogP contribution in [0, 0.1) is 0 Å². The van der Waals surface area contributed by atoms with Gasteiger partial charge in [0.1, 0.15) is 0 Å². The molecule has 1 heterocycles. The highest BCUT2D eigenvalue weighted by atomic mass is 19.4. The van der Waals surface area contributed by atoms with Gasteiger partial charge in [-0.05, 0) is 37.6 Å². The number of halogens is 3. The van der Waals surface area contributed by atoms with Crippen LogP contribution in [0.2, 0.25) is 0 Å². The molecule has 1 atom stereocenters. The van der Waals surface area contributed by atoms with Crippen LogP contribution in [0.4, 0.5) is 13.2 Å². The van der Waals surface area contributed by atoms with Gasteiger partial charge in [-0.3, -0.25) is 4.90 Å². The lowest BCUT2D eigenvalue weighted by molar-refractivity contribution is -0.137. The maximum absolute atomic E-state index is 12.8. The van der Waals surface area contributed by atoms with Gasteiger partial charge in [0.2, 0.25) is 0 Å². The Hall–Kier alpha value is -1.11. The Bertz CT molecular complexity index is 458. The molecule has 0 spiro atoms. The highest BCUT2D eigenvalue weighted by Crippen LogP contribution is 2.32. The lowest BCUT2D eigenvalue weighted by Gasteiger charge is -2.37. The molecule has 0 aliphatic carbocycles. The molecule has 1 fully saturated rings. The third-order valence-electron chi connectivity index (χ3n) is 4.08. The van der Waals surface area contributed by atoms with Crippen LogP contribution in [0.1, 0.15) is 30.0 Å². The van der Waals surface area contributed by atoms with Gasteiger partial charge in [0.05, 0.1) is 5.56 Å². The van der Waals surface area contributed by atoms with Crippen LogP contribution < -0.4 is 5.73 Å². The first-order valence-electron chi connectivity index (χ1n) is 7.10. The van der Waals surface area contributed by atoms with Crippen LogP contribution in [-0.4, -0.2) is 37.7 Å². The summed E-state index contributed by atoms with van der Waals surface area (Å²) in [5.74, 6) is 0. The van der Waals surface area contributed by atoms with Gasteiger partial charge in [-0.25, -0.2) is 0 Å². The molecule has 1 unspecified atom stereocenters. The van der Waals surface area contributed by atoms with Crippen molar-refractivity contribution >= 4 is 0 Å². The van der Waals surface area contributed by atoms with Crippen molar-refractivity contribution in [2.24, 2.45) is 5.73 Å². The normalized spacial score (nSPS) is 19.0. The maximum Gasteiger partial charge on any atom is 0.416 e. The van der Waals surface area contributed by atoms with Gasteiger partial charge in [0.25, 0.3) is 0 Å². The molecule has 118 valence electrons. The average molecular weight is 302 g/mol. The average Bonchev–Trinajstić information content (AvgIpc) is 2.48. The summed E-state index contributed by atoms with van der Waals surface area (Å²) in [5.41, 5.74) is 5.80. The second-order valence-corrected chi connectivity index (χ2v) is 5.38. The van der Waals surface area contributed by atoms with Gasteiger partial charge in [0.15, 0.2) is 0 Å². The van der Waals surface area contributed by atoms with Gasteiger partial charge < -0.3 is 10.5 Å². The molecule has 0 saturated carbocycles. The number of benzene rings is 1. The molecule has 1 aliphatic rings. The van der Waals surface area contributed by atoms with Gasteiger partial charge in [-0.1, -0.05) is 12.1 Å². The van der Waals surface area contributed by atoms with Crippen molar-refractivity contribution < 1.29 is 17.9 Å². The molecule has 0 bridgehead atoms. The molecule has 6 heteroatoms. The first-order valence-corrected chi connectivity index (χ1v) is 7.10. The van der Waals surface area contributed by atoms with Crippen LogP contribution in [0.3, 0.4) is 0 Å². The zero-order chi connectivity index (χ0) is 15.5. The topological polar surface area (TPSA) is 38.5 Å². The summed E-state index contributed by atoms with van der Waals surface area (Å²) < 4.78 is 43.8. The van der Waals surface area contributed by atoms with Crippen molar-refractivity contribution in [1.82, 2.24) is 4.90 Å². The summed E-state index contributed by atoms with van der Waals surface area (Å²) in [6.45, 7) is 1.67. The van der Waals surface area contributed by atoms with E-state index in [4.69, 9.17) is 10.5 Å². The summed E-state index contributed by atoms with van der Waals surface area (Å²) >= 11 is 0. The van der Waals surface area contributed by atoms with Crippen LogP contribution in [0.5, 0.6) is 0 Å². The monoisotopic (exact) mass is 302 g/mol. The zero-order valence-electron chi connectivity index (χ0n) is 12.1. The Morgan fingerprint density at radius 3 is 2.57 bits per heavy atom. The lowest BCUT2D eigenvalue weighted by atomic mass is 9.99. The van der Waals surface area contributed by atoms with E-state index in [1.54, 1.807) is 6.07 Å². The molecule has 21 heavy (non-hydrogen) atoms. The summed E-state index contributed by atoms with van der Waals surface area (Å²) in [7, 11) is 1.92. The van der Waals surface area contributed by atoms with E-state index in [1.165, 1.54) is 12.1 Å². The standard InChI is InChI=1S/C15H21F3N2O/c1-20(13-5-7-21-8-6-13)14(10-19)11-3-2-4-12(9-11)15(16,17)18/h2-4,9,13-14H,5-8,10,19H2,1H3. The first kappa shape index (κ1) is 16.3. The van der Waals surface area contributed by atoms with Gasteiger partial charge in [0, 0.05) is 31.8 Å². The van der Waals surface area contributed by atoms with Crippen molar-refractivity contribution in [2.75, 3.05) is 26.8 Å². The molecule has 1 aromatic rings. The highest BCUT2D eigenvalue weighted by molar-refractivity contribution is 5.28. The Morgan fingerprint density at radius 1 is 1.33 bits per heavy atom. The molecule has 0 radical (unpaired) electrons. The molecule has 1 aliphatic heterocycles. The molecule has 2 rings (SSSR count). The Labute approximate surface area is 122 Å². The Balaban J connectivity index is 2.20. The van der Waals surface area contributed by atoms with Crippen molar-refractivity contribution in [3.8, 4) is 0 Å². The van der Waals surface area contributed by atoms with E-state index in [2.05, 4.69) is 4.90 Å². The second kappa shape index (κ2) is 6.77. The van der Waals surface area contributed by atoms with Crippen molar-refractivity contribution in [1.29, 1.82) is 0 Å². The SMILES string of the molecule is CN(C1CCOCC1)C(CN)c1cccc(C(F)(F)F)c1. The number of likely N-dealkylation sites (N-methyl/N-ethyl adjacent to an activating group) is 1. The Morgan fingerprint density at radius 2 is 2.00 bits per heavy atom. The van der Waals surface area contributed by atoms with Crippen molar-refractivity contribution in [3.05, 3.63) is 35.4 Å². The minimum Gasteiger partial charge on any atom is -0.381 e. The van der Waals surface area contributed by atoms with E-state index in [1.807, 2.05) is 7.05 Å². The van der Waals surface area contributed by atoms with E-state index >= 15 is 0 Å². The quantitative estimate of drug-likeness (QED) is 0.929. The smallest absolute Gasteiger partial charge is 0.381 e. The zero-order valence-corrected chi connectivity index (χ0v) is 12.1. The minimum atomic E-state index is -4.33. The van der Waals surface area contributed by atoms with Crippen LogP contribution in [0.15, 0.2) is 24.3 Å². The molecular formula is C15H21F3N2O. The third kappa shape index (κ3) is 3.96. The number of rotatable bonds is 4. The highest BCUT2D eigenvalue weighted by Gasteiger charge is 2.32. The van der Waals surface area contributed by atoms with Crippen LogP contribution >= 0.6 is 0 Å². The number of nitrogens with two attached hydrogens (primary N) is 1.